The molecule has 0 bridgehead atoms. The third-order valence-corrected chi connectivity index (χ3v) is 4.12. The van der Waals surface area contributed by atoms with E-state index in [1.807, 2.05) is 47.9 Å². The van der Waals surface area contributed by atoms with Crippen molar-refractivity contribution in [3.8, 4) is 0 Å². The number of likely N-dealkylation sites (tertiary alicyclic amines) is 1. The van der Waals surface area contributed by atoms with Gasteiger partial charge in [-0.05, 0) is 31.7 Å². The summed E-state index contributed by atoms with van der Waals surface area (Å²) < 4.78 is 0. The molecular weight excluding hydrogens is 232 g/mol. The van der Waals surface area contributed by atoms with E-state index in [4.69, 9.17) is 0 Å². The molecule has 2 amide bonds. The van der Waals surface area contributed by atoms with Crippen LogP contribution in [0.2, 0.25) is 0 Å². The van der Waals surface area contributed by atoms with Crippen molar-refractivity contribution in [2.24, 2.45) is 0 Å². The molecule has 1 aliphatic heterocycles. The summed E-state index contributed by atoms with van der Waals surface area (Å²) in [5, 5.41) is 3.53. The van der Waals surface area contributed by atoms with Crippen molar-refractivity contribution in [3.63, 3.8) is 0 Å². The molecule has 0 saturated carbocycles. The van der Waals surface area contributed by atoms with Crippen LogP contribution in [0, 0.1) is 6.92 Å². The van der Waals surface area contributed by atoms with Gasteiger partial charge in [-0.25, -0.2) is 4.79 Å². The number of nitrogens with zero attached hydrogens (tertiary/aromatic N) is 1. The molecule has 0 aromatic heterocycles. The molecule has 17 heavy (non-hydrogen) atoms. The van der Waals surface area contributed by atoms with E-state index in [0.717, 1.165) is 25.2 Å². The Kier molecular flexibility index (Phi) is 3.94. The van der Waals surface area contributed by atoms with E-state index in [9.17, 15) is 4.79 Å². The molecule has 1 heterocycles. The number of carbonyl (C=O) groups is 1. The van der Waals surface area contributed by atoms with Crippen molar-refractivity contribution in [1.82, 2.24) is 4.90 Å². The maximum absolute atomic E-state index is 12.0. The summed E-state index contributed by atoms with van der Waals surface area (Å²) in [6.07, 6.45) is 3.20. The average Bonchev–Trinajstić information content (AvgIpc) is 2.81. The Morgan fingerprint density at radius 1 is 1.41 bits per heavy atom. The van der Waals surface area contributed by atoms with Crippen molar-refractivity contribution < 1.29 is 4.79 Å². The molecule has 1 atom stereocenters. The fourth-order valence-corrected chi connectivity index (χ4v) is 2.61. The highest BCUT2D eigenvalue weighted by Crippen LogP contribution is 2.21. The SMILES string of the molecule is CSC1CCN(C(=O)Nc2ccc(C)cc2)C1. The number of rotatable bonds is 2. The van der Waals surface area contributed by atoms with Crippen LogP contribution in [0.5, 0.6) is 0 Å². The molecule has 0 spiro atoms. The van der Waals surface area contributed by atoms with Crippen LogP contribution < -0.4 is 5.32 Å². The quantitative estimate of drug-likeness (QED) is 0.875. The number of carbonyl (C=O) groups excluding carboxylic acids is 1. The first-order valence-corrected chi connectivity index (χ1v) is 7.13. The molecule has 1 aliphatic rings. The van der Waals surface area contributed by atoms with Crippen molar-refractivity contribution >= 4 is 23.5 Å². The van der Waals surface area contributed by atoms with Gasteiger partial charge in [0.05, 0.1) is 0 Å². The number of hydrogen-bond donors (Lipinski definition) is 1. The summed E-state index contributed by atoms with van der Waals surface area (Å²) in [7, 11) is 0. The van der Waals surface area contributed by atoms with Gasteiger partial charge in [-0.1, -0.05) is 17.7 Å². The predicted octanol–water partition coefficient (Wildman–Crippen LogP) is 2.96. The minimum absolute atomic E-state index is 0.0189. The lowest BCUT2D eigenvalue weighted by Gasteiger charge is -2.17. The van der Waals surface area contributed by atoms with E-state index in [1.54, 1.807) is 0 Å². The Hall–Kier alpha value is -1.16. The molecular formula is C13H18N2OS. The van der Waals surface area contributed by atoms with Crippen molar-refractivity contribution in [2.75, 3.05) is 24.7 Å². The Bertz CT molecular complexity index is 391. The summed E-state index contributed by atoms with van der Waals surface area (Å²) in [5.41, 5.74) is 2.07. The smallest absolute Gasteiger partial charge is 0.321 e. The van der Waals surface area contributed by atoms with Crippen molar-refractivity contribution in [1.29, 1.82) is 0 Å². The first kappa shape index (κ1) is 12.3. The lowest BCUT2D eigenvalue weighted by atomic mass is 10.2. The van der Waals surface area contributed by atoms with Gasteiger partial charge in [-0.3, -0.25) is 0 Å². The lowest BCUT2D eigenvalue weighted by molar-refractivity contribution is 0.222. The van der Waals surface area contributed by atoms with Crippen LogP contribution in [0.15, 0.2) is 24.3 Å². The lowest BCUT2D eigenvalue weighted by Crippen LogP contribution is -2.33. The Morgan fingerprint density at radius 2 is 2.12 bits per heavy atom. The maximum atomic E-state index is 12.0. The van der Waals surface area contributed by atoms with E-state index in [0.29, 0.717) is 5.25 Å². The van der Waals surface area contributed by atoms with Crippen LogP contribution in [0.1, 0.15) is 12.0 Å². The number of nitrogens with one attached hydrogen (secondary N) is 1. The molecule has 1 fully saturated rings. The second-order valence-corrected chi connectivity index (χ2v) is 5.53. The van der Waals surface area contributed by atoms with E-state index in [-0.39, 0.29) is 6.03 Å². The van der Waals surface area contributed by atoms with E-state index >= 15 is 0 Å². The zero-order chi connectivity index (χ0) is 12.3. The summed E-state index contributed by atoms with van der Waals surface area (Å²) >= 11 is 1.84. The third-order valence-electron chi connectivity index (χ3n) is 3.07. The van der Waals surface area contributed by atoms with Gasteiger partial charge in [0.1, 0.15) is 0 Å². The highest BCUT2D eigenvalue weighted by atomic mass is 32.2. The fraction of sp³-hybridized carbons (Fsp3) is 0.462. The van der Waals surface area contributed by atoms with Crippen LogP contribution in [0.4, 0.5) is 10.5 Å². The van der Waals surface area contributed by atoms with Gasteiger partial charge in [-0.15, -0.1) is 0 Å². The Balaban J connectivity index is 1.91. The van der Waals surface area contributed by atoms with Gasteiger partial charge < -0.3 is 10.2 Å². The van der Waals surface area contributed by atoms with Crippen molar-refractivity contribution in [2.45, 2.75) is 18.6 Å². The number of hydrogen-bond acceptors (Lipinski definition) is 2. The number of benzene rings is 1. The molecule has 1 unspecified atom stereocenters. The predicted molar refractivity (Wildman–Crippen MR) is 73.7 cm³/mol. The molecule has 1 saturated heterocycles. The number of amides is 2. The topological polar surface area (TPSA) is 32.3 Å². The summed E-state index contributed by atoms with van der Waals surface area (Å²) in [6, 6.07) is 7.91. The van der Waals surface area contributed by atoms with Gasteiger partial charge in [0.25, 0.3) is 0 Å². The Morgan fingerprint density at radius 3 is 2.71 bits per heavy atom. The van der Waals surface area contributed by atoms with Crippen LogP contribution >= 0.6 is 11.8 Å². The van der Waals surface area contributed by atoms with E-state index < -0.39 is 0 Å². The normalized spacial score (nSPS) is 19.4. The van der Waals surface area contributed by atoms with Gasteiger partial charge in [0.2, 0.25) is 0 Å². The van der Waals surface area contributed by atoms with Gasteiger partial charge in [0, 0.05) is 24.0 Å². The molecule has 2 rings (SSSR count). The molecule has 1 N–H and O–H groups in total. The number of anilines is 1. The average molecular weight is 250 g/mol. The minimum atomic E-state index is 0.0189. The van der Waals surface area contributed by atoms with Crippen LogP contribution in [-0.4, -0.2) is 35.5 Å². The van der Waals surface area contributed by atoms with Gasteiger partial charge in [0.15, 0.2) is 0 Å². The zero-order valence-corrected chi connectivity index (χ0v) is 11.1. The van der Waals surface area contributed by atoms with Crippen LogP contribution in [0.3, 0.4) is 0 Å². The molecule has 1 aromatic rings. The molecule has 0 radical (unpaired) electrons. The number of aryl methyl sites for hydroxylation is 1. The first-order chi connectivity index (χ1) is 8.19. The molecule has 3 nitrogen and oxygen atoms in total. The third kappa shape index (κ3) is 3.16. The van der Waals surface area contributed by atoms with E-state index in [1.165, 1.54) is 5.56 Å². The highest BCUT2D eigenvalue weighted by molar-refractivity contribution is 7.99. The van der Waals surface area contributed by atoms with Crippen molar-refractivity contribution in [3.05, 3.63) is 29.8 Å². The highest BCUT2D eigenvalue weighted by Gasteiger charge is 2.25. The maximum Gasteiger partial charge on any atom is 0.321 e. The van der Waals surface area contributed by atoms with Gasteiger partial charge in [-0.2, -0.15) is 11.8 Å². The van der Waals surface area contributed by atoms with Gasteiger partial charge >= 0.3 is 6.03 Å². The second-order valence-electron chi connectivity index (χ2n) is 4.39. The summed E-state index contributed by atoms with van der Waals surface area (Å²) in [6.45, 7) is 3.76. The zero-order valence-electron chi connectivity index (χ0n) is 10.3. The second kappa shape index (κ2) is 5.45. The van der Waals surface area contributed by atoms with Crippen LogP contribution in [0.25, 0.3) is 0 Å². The summed E-state index contributed by atoms with van der Waals surface area (Å²) in [4.78, 5) is 13.9. The molecule has 1 aromatic carbocycles. The standard InChI is InChI=1S/C13H18N2OS/c1-10-3-5-11(6-4-10)14-13(16)15-8-7-12(9-15)17-2/h3-6,12H,7-9H2,1-2H3,(H,14,16). The first-order valence-electron chi connectivity index (χ1n) is 5.84. The molecule has 92 valence electrons. The number of urea groups is 1. The van der Waals surface area contributed by atoms with E-state index in [2.05, 4.69) is 11.6 Å². The molecule has 4 heteroatoms. The molecule has 0 aliphatic carbocycles. The fourth-order valence-electron chi connectivity index (χ4n) is 1.94. The Labute approximate surface area is 107 Å². The largest absolute Gasteiger partial charge is 0.323 e. The van der Waals surface area contributed by atoms with Crippen LogP contribution in [-0.2, 0) is 0 Å². The number of thioether (sulfide) groups is 1. The monoisotopic (exact) mass is 250 g/mol. The minimum Gasteiger partial charge on any atom is -0.323 e. The summed E-state index contributed by atoms with van der Waals surface area (Å²) in [5.74, 6) is 0.